The Balaban J connectivity index is 1.43. The number of aryl methyl sites for hydroxylation is 2. The number of methoxy groups -OCH3 is 2. The second-order valence-corrected chi connectivity index (χ2v) is 19.2. The number of carbonyl (C=O) groups is 3. The van der Waals surface area contributed by atoms with Crippen molar-refractivity contribution in [1.29, 1.82) is 0 Å². The number of ether oxygens (including phenoxy) is 9. The minimum absolute atomic E-state index is 0.00626. The molecule has 12 nitrogen and oxygen atoms in total. The van der Waals surface area contributed by atoms with Crippen LogP contribution < -0.4 is 4.74 Å². The van der Waals surface area contributed by atoms with Crippen LogP contribution in [0.2, 0.25) is 0 Å². The number of allylic oxidation sites excluding steroid dienone is 2. The van der Waals surface area contributed by atoms with Crippen LogP contribution in [0, 0.1) is 13.8 Å². The van der Waals surface area contributed by atoms with Crippen LogP contribution in [-0.4, -0.2) is 129 Å². The van der Waals surface area contributed by atoms with Gasteiger partial charge in [0.05, 0.1) is 77.2 Å². The molecule has 0 spiro atoms. The van der Waals surface area contributed by atoms with E-state index < -0.39 is 57.9 Å². The van der Waals surface area contributed by atoms with E-state index in [0.717, 1.165) is 60.8 Å². The van der Waals surface area contributed by atoms with Crippen LogP contribution in [0.3, 0.4) is 0 Å². The lowest BCUT2D eigenvalue weighted by molar-refractivity contribution is -0.254. The van der Waals surface area contributed by atoms with Crippen molar-refractivity contribution in [3.63, 3.8) is 0 Å². The van der Waals surface area contributed by atoms with Crippen LogP contribution in [-0.2, 0) is 42.7 Å². The largest absolute Gasteiger partial charge is 0.460 e. The summed E-state index contributed by atoms with van der Waals surface area (Å²) in [6.07, 6.45) is 6.19. The molecular formula is C52H62F6O12S2. The molecule has 2 aromatic carbocycles. The maximum absolute atomic E-state index is 16.2. The minimum atomic E-state index is -5.84. The van der Waals surface area contributed by atoms with Crippen LogP contribution in [0.15, 0.2) is 54.6 Å². The second kappa shape index (κ2) is 28.1. The maximum atomic E-state index is 16.2. The molecule has 2 aromatic heterocycles. The summed E-state index contributed by atoms with van der Waals surface area (Å²) in [5.41, 5.74) is -3.95. The maximum Gasteiger partial charge on any atom is 0.380 e. The molecule has 0 radical (unpaired) electrons. The molecule has 0 atom stereocenters. The van der Waals surface area contributed by atoms with Crippen molar-refractivity contribution < 1.29 is 83.4 Å². The molecule has 1 aliphatic carbocycles. The topological polar surface area (TPSA) is 134 Å². The zero-order valence-electron chi connectivity index (χ0n) is 41.1. The smallest absolute Gasteiger partial charge is 0.380 e. The third-order valence-corrected chi connectivity index (χ3v) is 13.6. The van der Waals surface area contributed by atoms with Crippen molar-refractivity contribution in [3.8, 4) is 26.6 Å². The third-order valence-electron chi connectivity index (χ3n) is 11.4. The molecule has 0 unspecified atom stereocenters. The van der Waals surface area contributed by atoms with Crippen LogP contribution in [0.1, 0.15) is 93.5 Å². The third kappa shape index (κ3) is 15.2. The second-order valence-electron chi connectivity index (χ2n) is 16.7. The number of alkyl halides is 6. The highest BCUT2D eigenvalue weighted by molar-refractivity contribution is 7.16. The summed E-state index contributed by atoms with van der Waals surface area (Å²) in [4.78, 5) is 39.7. The summed E-state index contributed by atoms with van der Waals surface area (Å²) in [5, 5.41) is 0. The molecule has 396 valence electrons. The Bertz CT molecular complexity index is 2360. The highest BCUT2D eigenvalue weighted by atomic mass is 32.1. The fraction of sp³-hybridized carbons (Fsp3) is 0.519. The van der Waals surface area contributed by atoms with Gasteiger partial charge in [0.2, 0.25) is 0 Å². The van der Waals surface area contributed by atoms with E-state index in [2.05, 4.69) is 6.92 Å². The number of benzene rings is 2. The average Bonchev–Trinajstić information content (AvgIpc) is 3.96. The van der Waals surface area contributed by atoms with E-state index in [1.807, 2.05) is 0 Å². The molecule has 72 heavy (non-hydrogen) atoms. The van der Waals surface area contributed by atoms with Gasteiger partial charge in [-0.25, -0.2) is 9.59 Å². The van der Waals surface area contributed by atoms with Gasteiger partial charge < -0.3 is 42.6 Å². The lowest BCUT2D eigenvalue weighted by Crippen LogP contribution is -2.48. The fourth-order valence-electron chi connectivity index (χ4n) is 7.58. The number of esters is 3. The molecule has 5 rings (SSSR count). The molecule has 20 heteroatoms. The van der Waals surface area contributed by atoms with Gasteiger partial charge >= 0.3 is 35.7 Å². The van der Waals surface area contributed by atoms with E-state index in [4.69, 9.17) is 42.6 Å². The van der Waals surface area contributed by atoms with E-state index >= 15 is 26.3 Å². The molecule has 0 bridgehead atoms. The van der Waals surface area contributed by atoms with E-state index in [0.29, 0.717) is 43.3 Å². The molecule has 0 amide bonds. The number of carbonyl (C=O) groups excluding carboxylic acids is 3. The van der Waals surface area contributed by atoms with Crippen LogP contribution >= 0.6 is 22.7 Å². The van der Waals surface area contributed by atoms with Crippen molar-refractivity contribution in [2.45, 2.75) is 83.5 Å². The predicted molar refractivity (Wildman–Crippen MR) is 262 cm³/mol. The van der Waals surface area contributed by atoms with Gasteiger partial charge in [-0.05, 0) is 97.1 Å². The number of rotatable bonds is 32. The van der Waals surface area contributed by atoms with Crippen molar-refractivity contribution in [3.05, 3.63) is 86.6 Å². The van der Waals surface area contributed by atoms with Crippen molar-refractivity contribution >= 4 is 51.7 Å². The summed E-state index contributed by atoms with van der Waals surface area (Å²) >= 11 is 1.75. The normalized spacial score (nSPS) is 14.8. The summed E-state index contributed by atoms with van der Waals surface area (Å²) < 4.78 is 144. The van der Waals surface area contributed by atoms with Gasteiger partial charge in [-0.3, -0.25) is 4.79 Å². The SMILES string of the molecule is CCCCCCCCC(=O)Oc1ccc(-c2cc(C3=C(c4cc(-c5cc(C(=O)OCCOCCOCCOC)cc(C(=O)OCCOCCOCCOC)c5)sc4C)C(F)(F)C(F)(F)C3(F)F)c(C)s2)cc1. The Morgan fingerprint density at radius 2 is 0.931 bits per heavy atom. The van der Waals surface area contributed by atoms with Gasteiger partial charge in [-0.1, -0.05) is 39.0 Å². The van der Waals surface area contributed by atoms with Gasteiger partial charge in [-0.2, -0.15) is 26.3 Å². The van der Waals surface area contributed by atoms with Gasteiger partial charge in [0.15, 0.2) is 0 Å². The molecule has 0 N–H and O–H groups in total. The number of halogens is 6. The Labute approximate surface area is 423 Å². The Morgan fingerprint density at radius 3 is 1.39 bits per heavy atom. The van der Waals surface area contributed by atoms with E-state index in [1.54, 1.807) is 12.1 Å². The highest BCUT2D eigenvalue weighted by Crippen LogP contribution is 2.66. The van der Waals surface area contributed by atoms with Gasteiger partial charge in [0.25, 0.3) is 0 Å². The Kier molecular flexibility index (Phi) is 22.7. The lowest BCUT2D eigenvalue weighted by atomic mass is 9.94. The zero-order valence-corrected chi connectivity index (χ0v) is 42.7. The average molecular weight is 1060 g/mol. The summed E-state index contributed by atoms with van der Waals surface area (Å²) in [6, 6.07) is 12.2. The van der Waals surface area contributed by atoms with Crippen molar-refractivity contribution in [2.75, 3.05) is 93.5 Å². The van der Waals surface area contributed by atoms with Crippen LogP contribution in [0.4, 0.5) is 26.3 Å². The monoisotopic (exact) mass is 1060 g/mol. The first-order valence-electron chi connectivity index (χ1n) is 23.7. The number of unbranched alkanes of at least 4 members (excludes halogenated alkanes) is 5. The highest BCUT2D eigenvalue weighted by Gasteiger charge is 2.80. The van der Waals surface area contributed by atoms with Crippen LogP contribution in [0.5, 0.6) is 5.75 Å². The van der Waals surface area contributed by atoms with Gasteiger partial charge in [-0.15, -0.1) is 22.7 Å². The zero-order chi connectivity index (χ0) is 52.3. The summed E-state index contributed by atoms with van der Waals surface area (Å²) in [7, 11) is 3.08. The van der Waals surface area contributed by atoms with Gasteiger partial charge in [0, 0.05) is 51.3 Å². The number of hydrogen-bond donors (Lipinski definition) is 0. The predicted octanol–water partition coefficient (Wildman–Crippen LogP) is 11.9. The molecular weight excluding hydrogens is 995 g/mol. The molecule has 4 aromatic rings. The Morgan fingerprint density at radius 1 is 0.514 bits per heavy atom. The molecule has 1 aliphatic rings. The molecule has 0 saturated heterocycles. The standard InChI is InChI=1S/C52H62F6O12S2/c1-6-7-8-9-10-11-12-45(59)70-40-15-13-36(14-16-40)43-32-41(34(2)71-43)46-47(51(55,56)52(57,58)50(46,53)54)42-33-44(72-35(42)3)37-29-38(48(60)68-27-25-66-23-21-64-19-17-62-4)31-39(30-37)49(61)69-28-26-67-24-22-65-20-18-63-5/h13-16,29-33H,6-12,17-28H2,1-5H3. The van der Waals surface area contributed by atoms with Crippen LogP contribution in [0.25, 0.3) is 32.0 Å². The first-order chi connectivity index (χ1) is 34.5. The molecule has 0 saturated carbocycles. The molecule has 0 fully saturated rings. The summed E-state index contributed by atoms with van der Waals surface area (Å²) in [6.45, 7) is 6.89. The number of thiophene rings is 2. The first kappa shape index (κ1) is 58.2. The Hall–Kier alpha value is -4.67. The quantitative estimate of drug-likeness (QED) is 0.0199. The van der Waals surface area contributed by atoms with Crippen molar-refractivity contribution in [1.82, 2.24) is 0 Å². The minimum Gasteiger partial charge on any atom is -0.460 e. The van der Waals surface area contributed by atoms with Gasteiger partial charge in [0.1, 0.15) is 19.0 Å². The first-order valence-corrected chi connectivity index (χ1v) is 25.3. The van der Waals surface area contributed by atoms with E-state index in [-0.39, 0.29) is 96.3 Å². The lowest BCUT2D eigenvalue weighted by Gasteiger charge is -2.25. The molecule has 0 aliphatic heterocycles. The summed E-state index contributed by atoms with van der Waals surface area (Å²) in [5.74, 6) is -18.5. The van der Waals surface area contributed by atoms with E-state index in [9.17, 15) is 14.4 Å². The fourth-order valence-corrected chi connectivity index (χ4v) is 9.63. The number of hydrogen-bond acceptors (Lipinski definition) is 14. The van der Waals surface area contributed by atoms with Crippen molar-refractivity contribution in [2.24, 2.45) is 0 Å². The van der Waals surface area contributed by atoms with E-state index in [1.165, 1.54) is 64.5 Å². The molecule has 2 heterocycles.